The lowest BCUT2D eigenvalue weighted by Gasteiger charge is -2.07. The molecule has 0 saturated heterocycles. The first-order valence-corrected chi connectivity index (χ1v) is 8.81. The van der Waals surface area contributed by atoms with Gasteiger partial charge in [0.15, 0.2) is 0 Å². The molecule has 0 saturated carbocycles. The fourth-order valence-corrected chi connectivity index (χ4v) is 2.49. The molecule has 126 valence electrons. The van der Waals surface area contributed by atoms with E-state index in [1.807, 2.05) is 0 Å². The summed E-state index contributed by atoms with van der Waals surface area (Å²) in [4.78, 5) is 11.9. The first-order valence-electron chi connectivity index (χ1n) is 7.00. The highest BCUT2D eigenvalue weighted by atomic mass is 32.2. The number of esters is 1. The number of ether oxygens (including phenoxy) is 2. The fourth-order valence-electron chi connectivity index (χ4n) is 2.11. The van der Waals surface area contributed by atoms with Gasteiger partial charge in [-0.15, -0.1) is 0 Å². The highest BCUT2D eigenvalue weighted by Gasteiger charge is 2.21. The Kier molecular flexibility index (Phi) is 5.27. The summed E-state index contributed by atoms with van der Waals surface area (Å²) in [6.07, 6.45) is 0.972. The normalized spacial score (nSPS) is 11.6. The van der Waals surface area contributed by atoms with Crippen LogP contribution in [0.3, 0.4) is 0 Å². The van der Waals surface area contributed by atoms with Crippen molar-refractivity contribution in [2.45, 2.75) is 13.8 Å². The van der Waals surface area contributed by atoms with Crippen LogP contribution in [0.2, 0.25) is 0 Å². The second-order valence-corrected chi connectivity index (χ2v) is 6.42. The van der Waals surface area contributed by atoms with E-state index in [1.165, 1.54) is 0 Å². The van der Waals surface area contributed by atoms with Gasteiger partial charge in [-0.25, -0.2) is 4.79 Å². The van der Waals surface area contributed by atoms with Gasteiger partial charge < -0.3 is 13.9 Å². The first kappa shape index (κ1) is 17.3. The molecule has 8 heteroatoms. The lowest BCUT2D eigenvalue weighted by Crippen LogP contribution is -2.11. The Balaban J connectivity index is 2.22. The summed E-state index contributed by atoms with van der Waals surface area (Å²) in [6.45, 7) is 3.65. The summed E-state index contributed by atoms with van der Waals surface area (Å²) >= 11 is 0. The number of benzene rings is 1. The Morgan fingerprint density at radius 2 is 2.00 bits per heavy atom. The number of hydrogen-bond acceptors (Lipinski definition) is 7. The fraction of sp³-hybridized carbons (Fsp3) is 0.400. The van der Waals surface area contributed by atoms with Gasteiger partial charge in [-0.1, -0.05) is 6.07 Å². The van der Waals surface area contributed by atoms with Crippen molar-refractivity contribution in [3.05, 3.63) is 29.5 Å². The van der Waals surface area contributed by atoms with Crippen LogP contribution in [0, 0.1) is 6.92 Å². The molecule has 23 heavy (non-hydrogen) atoms. The Morgan fingerprint density at radius 1 is 1.26 bits per heavy atom. The second-order valence-electron chi connectivity index (χ2n) is 4.78. The van der Waals surface area contributed by atoms with Crippen molar-refractivity contribution in [1.82, 2.24) is 0 Å². The predicted octanol–water partition coefficient (Wildman–Crippen LogP) is 2.27. The van der Waals surface area contributed by atoms with Crippen molar-refractivity contribution in [3.63, 3.8) is 0 Å². The van der Waals surface area contributed by atoms with Crippen LogP contribution in [0.1, 0.15) is 23.0 Å². The van der Waals surface area contributed by atoms with Crippen molar-refractivity contribution >= 4 is 27.1 Å². The zero-order chi connectivity index (χ0) is 17.0. The van der Waals surface area contributed by atoms with Gasteiger partial charge in [-0.3, -0.25) is 4.18 Å². The molecule has 0 aliphatic rings. The topological polar surface area (TPSA) is 92.0 Å². The van der Waals surface area contributed by atoms with E-state index in [1.54, 1.807) is 32.0 Å². The third-order valence-electron chi connectivity index (χ3n) is 3.01. The molecule has 0 aliphatic heterocycles. The molecule has 2 rings (SSSR count). The number of hydrogen-bond donors (Lipinski definition) is 0. The monoisotopic (exact) mass is 342 g/mol. The molecule has 1 aromatic heterocycles. The minimum Gasteiger partial charge on any atom is -0.490 e. The average molecular weight is 342 g/mol. The van der Waals surface area contributed by atoms with Crippen LogP contribution in [-0.4, -0.2) is 40.5 Å². The summed E-state index contributed by atoms with van der Waals surface area (Å²) < 4.78 is 42.5. The van der Waals surface area contributed by atoms with E-state index in [-0.39, 0.29) is 25.6 Å². The van der Waals surface area contributed by atoms with E-state index >= 15 is 0 Å². The minimum atomic E-state index is -3.50. The van der Waals surface area contributed by atoms with Gasteiger partial charge in [0.05, 0.1) is 18.2 Å². The van der Waals surface area contributed by atoms with E-state index in [2.05, 4.69) is 4.18 Å². The highest BCUT2D eigenvalue weighted by molar-refractivity contribution is 7.85. The smallest absolute Gasteiger partial charge is 0.374 e. The molecular formula is C15H18O7S. The zero-order valence-corrected chi connectivity index (χ0v) is 13.9. The van der Waals surface area contributed by atoms with Crippen LogP contribution in [0.15, 0.2) is 22.6 Å². The Bertz CT molecular complexity index is 805. The molecule has 1 heterocycles. The molecule has 0 amide bonds. The SMILES string of the molecule is CCOC(=O)c1oc2cccc(OCCOS(C)(=O)=O)c2c1C. The lowest BCUT2D eigenvalue weighted by atomic mass is 10.1. The third-order valence-corrected chi connectivity index (χ3v) is 3.61. The van der Waals surface area contributed by atoms with Gasteiger partial charge in [0.25, 0.3) is 10.1 Å². The van der Waals surface area contributed by atoms with Gasteiger partial charge in [-0.2, -0.15) is 8.42 Å². The maximum absolute atomic E-state index is 11.9. The van der Waals surface area contributed by atoms with Gasteiger partial charge in [0, 0.05) is 5.56 Å². The quantitative estimate of drug-likeness (QED) is 0.433. The Morgan fingerprint density at radius 3 is 2.65 bits per heavy atom. The number of carbonyl (C=O) groups is 1. The minimum absolute atomic E-state index is 0.0472. The molecule has 0 N–H and O–H groups in total. The number of furan rings is 1. The number of aryl methyl sites for hydroxylation is 1. The van der Waals surface area contributed by atoms with Crippen LogP contribution >= 0.6 is 0 Å². The predicted molar refractivity (Wildman–Crippen MR) is 83.2 cm³/mol. The Labute approximate surface area is 134 Å². The number of rotatable bonds is 7. The summed E-state index contributed by atoms with van der Waals surface area (Å²) in [6, 6.07) is 5.14. The molecular weight excluding hydrogens is 324 g/mol. The van der Waals surface area contributed by atoms with E-state index in [0.717, 1.165) is 6.26 Å². The van der Waals surface area contributed by atoms with Gasteiger partial charge >= 0.3 is 5.97 Å². The molecule has 0 atom stereocenters. The molecule has 0 bridgehead atoms. The lowest BCUT2D eigenvalue weighted by molar-refractivity contribution is 0.0491. The summed E-state index contributed by atoms with van der Waals surface area (Å²) in [7, 11) is -3.50. The first-order chi connectivity index (χ1) is 10.8. The standard InChI is InChI=1S/C15H18O7S/c1-4-19-15(16)14-10(2)13-11(6-5-7-12(13)22-14)20-8-9-21-23(3,17)18/h5-7H,4,8-9H2,1-3H3. The van der Waals surface area contributed by atoms with Crippen LogP contribution in [0.25, 0.3) is 11.0 Å². The molecule has 0 fully saturated rings. The van der Waals surface area contributed by atoms with Crippen molar-refractivity contribution in [2.75, 3.05) is 26.1 Å². The number of carbonyl (C=O) groups excluding carboxylic acids is 1. The summed E-state index contributed by atoms with van der Waals surface area (Å²) in [5, 5.41) is 0.648. The molecule has 0 spiro atoms. The maximum atomic E-state index is 11.9. The van der Waals surface area contributed by atoms with Crippen molar-refractivity contribution in [1.29, 1.82) is 0 Å². The third kappa shape index (κ3) is 4.23. The maximum Gasteiger partial charge on any atom is 0.374 e. The van der Waals surface area contributed by atoms with E-state index in [0.29, 0.717) is 22.3 Å². The van der Waals surface area contributed by atoms with Crippen LogP contribution in [0.4, 0.5) is 0 Å². The van der Waals surface area contributed by atoms with Crippen molar-refractivity contribution in [2.24, 2.45) is 0 Å². The molecule has 1 aromatic carbocycles. The average Bonchev–Trinajstić information content (AvgIpc) is 2.81. The van der Waals surface area contributed by atoms with E-state index in [4.69, 9.17) is 13.9 Å². The molecule has 7 nitrogen and oxygen atoms in total. The van der Waals surface area contributed by atoms with E-state index < -0.39 is 16.1 Å². The van der Waals surface area contributed by atoms with Crippen molar-refractivity contribution in [3.8, 4) is 5.75 Å². The molecule has 0 radical (unpaired) electrons. The van der Waals surface area contributed by atoms with Crippen molar-refractivity contribution < 1.29 is 31.3 Å². The van der Waals surface area contributed by atoms with Crippen LogP contribution in [0.5, 0.6) is 5.75 Å². The molecule has 0 unspecified atom stereocenters. The highest BCUT2D eigenvalue weighted by Crippen LogP contribution is 2.33. The number of fused-ring (bicyclic) bond motifs is 1. The summed E-state index contributed by atoms with van der Waals surface area (Å²) in [5.41, 5.74) is 1.10. The Hall–Kier alpha value is -2.06. The van der Waals surface area contributed by atoms with Gasteiger partial charge in [-0.05, 0) is 26.0 Å². The van der Waals surface area contributed by atoms with Gasteiger partial charge in [0.1, 0.15) is 24.5 Å². The van der Waals surface area contributed by atoms with Gasteiger partial charge in [0.2, 0.25) is 5.76 Å². The largest absolute Gasteiger partial charge is 0.490 e. The molecule has 2 aromatic rings. The molecule has 0 aliphatic carbocycles. The van der Waals surface area contributed by atoms with Crippen LogP contribution in [-0.2, 0) is 19.0 Å². The second kappa shape index (κ2) is 7.01. The van der Waals surface area contributed by atoms with E-state index in [9.17, 15) is 13.2 Å². The summed E-state index contributed by atoms with van der Waals surface area (Å²) in [5.74, 6) is 0.0780. The van der Waals surface area contributed by atoms with Crippen LogP contribution < -0.4 is 4.74 Å². The zero-order valence-electron chi connectivity index (χ0n) is 13.1.